The van der Waals surface area contributed by atoms with E-state index in [1.54, 1.807) is 37.6 Å². The Kier molecular flexibility index (Phi) is 6.18. The number of aryl methyl sites for hydroxylation is 1. The number of hydrogen-bond acceptors (Lipinski definition) is 9. The van der Waals surface area contributed by atoms with E-state index in [9.17, 15) is 10.1 Å². The maximum absolute atomic E-state index is 13.3. The molecule has 10 heteroatoms. The standard InChI is InChI=1S/C25H20N6O3S/c1-14-9-17(18-10-15(11-26)3-4-21(18)33-2)19(12-27-14)23(32)31-25-30-22-24(35-25)29-20(13-28-22)16-5-7-34-8-6-16/h3-5,9-10,12-13H,6-8H2,1-2H3,(H,28,30,31,32). The summed E-state index contributed by atoms with van der Waals surface area (Å²) in [5, 5.41) is 12.6. The van der Waals surface area contributed by atoms with Gasteiger partial charge in [-0.25, -0.2) is 9.97 Å². The Hall–Kier alpha value is -4.20. The first-order valence-corrected chi connectivity index (χ1v) is 11.6. The molecule has 4 heterocycles. The number of nitrogens with zero attached hydrogens (tertiary/aromatic N) is 5. The van der Waals surface area contributed by atoms with Crippen molar-refractivity contribution in [3.8, 4) is 22.9 Å². The third-order valence-corrected chi connectivity index (χ3v) is 6.39. The summed E-state index contributed by atoms with van der Waals surface area (Å²) in [5.41, 5.74) is 5.10. The normalized spacial score (nSPS) is 13.2. The topological polar surface area (TPSA) is 123 Å². The van der Waals surface area contributed by atoms with E-state index in [-0.39, 0.29) is 5.91 Å². The highest BCUT2D eigenvalue weighted by atomic mass is 32.1. The molecule has 1 aliphatic rings. The molecule has 0 spiro atoms. The van der Waals surface area contributed by atoms with Crippen LogP contribution in [-0.2, 0) is 4.74 Å². The molecule has 0 saturated carbocycles. The van der Waals surface area contributed by atoms with E-state index in [0.29, 0.717) is 56.8 Å². The summed E-state index contributed by atoms with van der Waals surface area (Å²) in [4.78, 5) is 31.8. The second-order valence-electron chi connectivity index (χ2n) is 7.81. The van der Waals surface area contributed by atoms with E-state index in [1.807, 2.05) is 13.0 Å². The number of nitrogens with one attached hydrogen (secondary N) is 1. The van der Waals surface area contributed by atoms with Gasteiger partial charge in [-0.05, 0) is 43.2 Å². The monoisotopic (exact) mass is 484 g/mol. The second kappa shape index (κ2) is 9.58. The van der Waals surface area contributed by atoms with Gasteiger partial charge in [-0.1, -0.05) is 17.4 Å². The van der Waals surface area contributed by atoms with Crippen LogP contribution in [0.1, 0.15) is 33.7 Å². The number of thiazole rings is 1. The first kappa shape index (κ1) is 22.6. The Morgan fingerprint density at radius 1 is 1.20 bits per heavy atom. The number of carbonyl (C=O) groups is 1. The number of amides is 1. The second-order valence-corrected chi connectivity index (χ2v) is 8.79. The summed E-state index contributed by atoms with van der Waals surface area (Å²) in [6.45, 7) is 3.06. The number of anilines is 1. The fraction of sp³-hybridized carbons (Fsp3) is 0.200. The van der Waals surface area contributed by atoms with Crippen LogP contribution in [0.25, 0.3) is 27.2 Å². The molecule has 174 valence electrons. The van der Waals surface area contributed by atoms with Crippen molar-refractivity contribution >= 4 is 38.4 Å². The van der Waals surface area contributed by atoms with E-state index in [1.165, 1.54) is 17.5 Å². The van der Waals surface area contributed by atoms with Gasteiger partial charge in [0.25, 0.3) is 5.91 Å². The van der Waals surface area contributed by atoms with Gasteiger partial charge < -0.3 is 9.47 Å². The minimum atomic E-state index is -0.386. The molecule has 0 bridgehead atoms. The number of methoxy groups -OCH3 is 1. The molecular weight excluding hydrogens is 464 g/mol. The van der Waals surface area contributed by atoms with Gasteiger partial charge in [0.2, 0.25) is 0 Å². The average Bonchev–Trinajstić information content (AvgIpc) is 3.30. The molecule has 1 aliphatic heterocycles. The lowest BCUT2D eigenvalue weighted by Gasteiger charge is -2.13. The molecule has 1 N–H and O–H groups in total. The lowest BCUT2D eigenvalue weighted by Crippen LogP contribution is -2.14. The zero-order valence-corrected chi connectivity index (χ0v) is 19.8. The highest BCUT2D eigenvalue weighted by Crippen LogP contribution is 2.34. The van der Waals surface area contributed by atoms with E-state index in [4.69, 9.17) is 9.47 Å². The average molecular weight is 485 g/mol. The number of fused-ring (bicyclic) bond motifs is 1. The predicted molar refractivity (Wildman–Crippen MR) is 132 cm³/mol. The fourth-order valence-electron chi connectivity index (χ4n) is 3.81. The van der Waals surface area contributed by atoms with Gasteiger partial charge in [-0.3, -0.25) is 15.1 Å². The number of hydrogen-bond donors (Lipinski definition) is 1. The highest BCUT2D eigenvalue weighted by Gasteiger charge is 2.20. The molecule has 0 radical (unpaired) electrons. The molecule has 0 saturated heterocycles. The molecular formula is C25H20N6O3S. The van der Waals surface area contributed by atoms with Crippen molar-refractivity contribution in [2.24, 2.45) is 0 Å². The van der Waals surface area contributed by atoms with Crippen LogP contribution >= 0.6 is 11.3 Å². The van der Waals surface area contributed by atoms with Crippen molar-refractivity contribution in [1.82, 2.24) is 19.9 Å². The number of rotatable bonds is 5. The minimum absolute atomic E-state index is 0.331. The van der Waals surface area contributed by atoms with Crippen LogP contribution in [0.4, 0.5) is 5.13 Å². The van der Waals surface area contributed by atoms with Crippen molar-refractivity contribution in [2.75, 3.05) is 25.6 Å². The molecule has 9 nitrogen and oxygen atoms in total. The Labute approximate surface area is 205 Å². The Balaban J connectivity index is 1.48. The van der Waals surface area contributed by atoms with Crippen molar-refractivity contribution < 1.29 is 14.3 Å². The highest BCUT2D eigenvalue weighted by molar-refractivity contribution is 7.21. The molecule has 0 atom stereocenters. The van der Waals surface area contributed by atoms with Crippen LogP contribution in [0.5, 0.6) is 5.75 Å². The number of pyridine rings is 1. The summed E-state index contributed by atoms with van der Waals surface area (Å²) in [6, 6.07) is 9.00. The first-order chi connectivity index (χ1) is 17.1. The SMILES string of the molecule is COc1ccc(C#N)cc1-c1cc(C)ncc1C(=O)Nc1nc2ncc(C3=CCOCC3)nc2s1. The molecule has 0 aliphatic carbocycles. The predicted octanol–water partition coefficient (Wildman–Crippen LogP) is 4.39. The van der Waals surface area contributed by atoms with Gasteiger partial charge in [0.05, 0.1) is 49.4 Å². The van der Waals surface area contributed by atoms with Crippen molar-refractivity contribution in [2.45, 2.75) is 13.3 Å². The number of benzene rings is 1. The molecule has 1 aromatic carbocycles. The lowest BCUT2D eigenvalue weighted by molar-refractivity contribution is 0.102. The molecule has 1 amide bonds. The molecule has 3 aromatic heterocycles. The van der Waals surface area contributed by atoms with Crippen molar-refractivity contribution in [3.63, 3.8) is 0 Å². The molecule has 0 fully saturated rings. The third-order valence-electron chi connectivity index (χ3n) is 5.54. The van der Waals surface area contributed by atoms with E-state index in [0.717, 1.165) is 23.4 Å². The number of nitriles is 1. The van der Waals surface area contributed by atoms with E-state index in [2.05, 4.69) is 31.3 Å². The summed E-state index contributed by atoms with van der Waals surface area (Å²) in [6.07, 6.45) is 5.99. The maximum Gasteiger partial charge on any atom is 0.259 e. The van der Waals surface area contributed by atoms with Crippen molar-refractivity contribution in [1.29, 1.82) is 5.26 Å². The van der Waals surface area contributed by atoms with Crippen LogP contribution in [0.15, 0.2) is 42.7 Å². The minimum Gasteiger partial charge on any atom is -0.496 e. The Morgan fingerprint density at radius 2 is 2.09 bits per heavy atom. The smallest absolute Gasteiger partial charge is 0.259 e. The van der Waals surface area contributed by atoms with Gasteiger partial charge in [0, 0.05) is 23.0 Å². The molecule has 35 heavy (non-hydrogen) atoms. The first-order valence-electron chi connectivity index (χ1n) is 10.8. The van der Waals surface area contributed by atoms with Gasteiger partial charge in [0.1, 0.15) is 5.75 Å². The Morgan fingerprint density at radius 3 is 2.86 bits per heavy atom. The summed E-state index contributed by atoms with van der Waals surface area (Å²) >= 11 is 1.25. The van der Waals surface area contributed by atoms with Crippen LogP contribution in [0, 0.1) is 18.3 Å². The Bertz CT molecular complexity index is 1520. The van der Waals surface area contributed by atoms with Crippen LogP contribution < -0.4 is 10.1 Å². The largest absolute Gasteiger partial charge is 0.496 e. The van der Waals surface area contributed by atoms with Crippen LogP contribution in [0.3, 0.4) is 0 Å². The van der Waals surface area contributed by atoms with Gasteiger partial charge in [-0.15, -0.1) is 0 Å². The zero-order chi connectivity index (χ0) is 24.4. The summed E-state index contributed by atoms with van der Waals surface area (Å²) in [7, 11) is 1.55. The number of ether oxygens (including phenoxy) is 2. The van der Waals surface area contributed by atoms with E-state index >= 15 is 0 Å². The molecule has 0 unspecified atom stereocenters. The van der Waals surface area contributed by atoms with Gasteiger partial charge >= 0.3 is 0 Å². The number of carbonyl (C=O) groups excluding carboxylic acids is 1. The number of aromatic nitrogens is 4. The molecule has 4 aromatic rings. The maximum atomic E-state index is 13.3. The van der Waals surface area contributed by atoms with Crippen LogP contribution in [-0.4, -0.2) is 46.2 Å². The van der Waals surface area contributed by atoms with Crippen LogP contribution in [0.2, 0.25) is 0 Å². The van der Waals surface area contributed by atoms with E-state index < -0.39 is 0 Å². The summed E-state index contributed by atoms with van der Waals surface area (Å²) < 4.78 is 10.9. The van der Waals surface area contributed by atoms with Gasteiger partial charge in [-0.2, -0.15) is 10.2 Å². The third kappa shape index (κ3) is 4.59. The van der Waals surface area contributed by atoms with Gasteiger partial charge in [0.15, 0.2) is 15.6 Å². The summed E-state index contributed by atoms with van der Waals surface area (Å²) in [5.74, 6) is 0.162. The van der Waals surface area contributed by atoms with Crippen molar-refractivity contribution in [3.05, 3.63) is 65.2 Å². The lowest BCUT2D eigenvalue weighted by atomic mass is 9.97. The zero-order valence-electron chi connectivity index (χ0n) is 19.0. The molecule has 5 rings (SSSR count). The quantitative estimate of drug-likeness (QED) is 0.442. The fourth-order valence-corrected chi connectivity index (χ4v) is 4.60.